The summed E-state index contributed by atoms with van der Waals surface area (Å²) in [4.78, 5) is 4.04. The zero-order valence-electron chi connectivity index (χ0n) is 10.8. The van der Waals surface area contributed by atoms with Gasteiger partial charge in [-0.3, -0.25) is 0 Å². The molecule has 9 heteroatoms. The lowest BCUT2D eigenvalue weighted by Crippen LogP contribution is -2.24. The van der Waals surface area contributed by atoms with E-state index in [1.54, 1.807) is 19.9 Å². The van der Waals surface area contributed by atoms with Crippen molar-refractivity contribution in [3.05, 3.63) is 33.9 Å². The zero-order valence-corrected chi connectivity index (χ0v) is 13.2. The first kappa shape index (κ1) is 14.9. The number of nitrogens with one attached hydrogen (secondary N) is 1. The number of nitrogens with two attached hydrogens (primary N) is 1. The number of benzene rings is 1. The first-order valence-corrected chi connectivity index (χ1v) is 7.91. The molecule has 0 fully saturated rings. The fourth-order valence-corrected chi connectivity index (χ4v) is 3.50. The Bertz CT molecular complexity index is 742. The van der Waals surface area contributed by atoms with Gasteiger partial charge in [0.1, 0.15) is 0 Å². The molecule has 1 aromatic heterocycles. The molecule has 20 heavy (non-hydrogen) atoms. The van der Waals surface area contributed by atoms with E-state index in [2.05, 4.69) is 30.8 Å². The van der Waals surface area contributed by atoms with Gasteiger partial charge < -0.3 is 10.3 Å². The normalized spacial score (nSPS) is 11.8. The standard InChI is InChI=1S/C11H13BrN4O3S/c1-6-9(13)3-8(12)4-10(6)20(17,18)14-5-11-15-7(2)16-19-11/h3-4,14H,5,13H2,1-2H3. The lowest BCUT2D eigenvalue weighted by Gasteiger charge is -2.10. The van der Waals surface area contributed by atoms with Crippen LogP contribution in [0.1, 0.15) is 17.3 Å². The third kappa shape index (κ3) is 3.17. The molecule has 0 atom stereocenters. The topological polar surface area (TPSA) is 111 Å². The molecule has 0 saturated carbocycles. The minimum atomic E-state index is -3.71. The number of aryl methyl sites for hydroxylation is 1. The lowest BCUT2D eigenvalue weighted by atomic mass is 10.2. The molecule has 0 amide bonds. The summed E-state index contributed by atoms with van der Waals surface area (Å²) in [6.07, 6.45) is 0. The van der Waals surface area contributed by atoms with Crippen molar-refractivity contribution in [1.82, 2.24) is 14.9 Å². The Morgan fingerprint density at radius 2 is 2.10 bits per heavy atom. The monoisotopic (exact) mass is 360 g/mol. The van der Waals surface area contributed by atoms with Crippen LogP contribution in [0.4, 0.5) is 5.69 Å². The van der Waals surface area contributed by atoms with Gasteiger partial charge in [0.05, 0.1) is 11.4 Å². The minimum absolute atomic E-state index is 0.0744. The van der Waals surface area contributed by atoms with E-state index in [0.29, 0.717) is 21.5 Å². The molecule has 108 valence electrons. The smallest absolute Gasteiger partial charge is 0.241 e. The summed E-state index contributed by atoms with van der Waals surface area (Å²) in [6, 6.07) is 3.14. The Balaban J connectivity index is 2.27. The van der Waals surface area contributed by atoms with Gasteiger partial charge in [-0.15, -0.1) is 0 Å². The first-order valence-electron chi connectivity index (χ1n) is 5.64. The molecule has 0 aliphatic rings. The summed E-state index contributed by atoms with van der Waals surface area (Å²) >= 11 is 3.23. The maximum absolute atomic E-state index is 12.3. The average molecular weight is 361 g/mol. The van der Waals surface area contributed by atoms with Gasteiger partial charge in [-0.05, 0) is 31.5 Å². The minimum Gasteiger partial charge on any atom is -0.398 e. The summed E-state index contributed by atoms with van der Waals surface area (Å²) in [7, 11) is -3.71. The van der Waals surface area contributed by atoms with Gasteiger partial charge >= 0.3 is 0 Å². The quantitative estimate of drug-likeness (QED) is 0.799. The first-order chi connectivity index (χ1) is 9.29. The number of aromatic nitrogens is 2. The number of hydrogen-bond donors (Lipinski definition) is 2. The summed E-state index contributed by atoms with van der Waals surface area (Å²) in [5.41, 5.74) is 6.65. The van der Waals surface area contributed by atoms with Crippen molar-refractivity contribution in [2.45, 2.75) is 25.3 Å². The highest BCUT2D eigenvalue weighted by atomic mass is 79.9. The summed E-state index contributed by atoms with van der Waals surface area (Å²) in [5.74, 6) is 0.647. The second-order valence-corrected chi connectivity index (χ2v) is 6.83. The van der Waals surface area contributed by atoms with Crippen LogP contribution in [0, 0.1) is 13.8 Å². The van der Waals surface area contributed by atoms with E-state index in [1.807, 2.05) is 0 Å². The molecule has 0 saturated heterocycles. The fraction of sp³-hybridized carbons (Fsp3) is 0.273. The lowest BCUT2D eigenvalue weighted by molar-refractivity contribution is 0.372. The van der Waals surface area contributed by atoms with Crippen molar-refractivity contribution in [1.29, 1.82) is 0 Å². The molecule has 2 aromatic rings. The van der Waals surface area contributed by atoms with Gasteiger partial charge in [-0.25, -0.2) is 13.1 Å². The molecular formula is C11H13BrN4O3S. The summed E-state index contributed by atoms with van der Waals surface area (Å²) < 4.78 is 32.4. The number of halogens is 1. The van der Waals surface area contributed by atoms with E-state index in [-0.39, 0.29) is 17.3 Å². The van der Waals surface area contributed by atoms with Crippen molar-refractivity contribution in [2.75, 3.05) is 5.73 Å². The van der Waals surface area contributed by atoms with Crippen molar-refractivity contribution >= 4 is 31.6 Å². The zero-order chi connectivity index (χ0) is 14.9. The maximum Gasteiger partial charge on any atom is 0.241 e. The highest BCUT2D eigenvalue weighted by molar-refractivity contribution is 9.10. The number of hydrogen-bond acceptors (Lipinski definition) is 6. The largest absolute Gasteiger partial charge is 0.398 e. The van der Waals surface area contributed by atoms with Gasteiger partial charge in [0, 0.05) is 10.2 Å². The Morgan fingerprint density at radius 1 is 1.40 bits per heavy atom. The van der Waals surface area contributed by atoms with Crippen molar-refractivity contribution in [2.24, 2.45) is 0 Å². The van der Waals surface area contributed by atoms with Crippen LogP contribution in [-0.4, -0.2) is 18.6 Å². The predicted molar refractivity (Wildman–Crippen MR) is 76.4 cm³/mol. The van der Waals surface area contributed by atoms with E-state index in [1.165, 1.54) is 6.07 Å². The Kier molecular flexibility index (Phi) is 4.11. The molecule has 0 radical (unpaired) electrons. The average Bonchev–Trinajstić information content (AvgIpc) is 2.77. The molecule has 0 unspecified atom stereocenters. The summed E-state index contributed by atoms with van der Waals surface area (Å²) in [5, 5.41) is 3.59. The van der Waals surface area contributed by atoms with E-state index >= 15 is 0 Å². The van der Waals surface area contributed by atoms with E-state index in [4.69, 9.17) is 10.3 Å². The molecule has 0 spiro atoms. The number of anilines is 1. The SMILES string of the molecule is Cc1noc(CNS(=O)(=O)c2cc(Br)cc(N)c2C)n1. The second kappa shape index (κ2) is 5.51. The van der Waals surface area contributed by atoms with E-state index in [9.17, 15) is 8.42 Å². The van der Waals surface area contributed by atoms with Crippen LogP contribution < -0.4 is 10.5 Å². The number of nitrogen functional groups attached to an aromatic ring is 1. The van der Waals surface area contributed by atoms with Crippen molar-refractivity contribution < 1.29 is 12.9 Å². The van der Waals surface area contributed by atoms with Gasteiger partial charge in [-0.2, -0.15) is 4.98 Å². The van der Waals surface area contributed by atoms with Gasteiger partial charge in [0.25, 0.3) is 0 Å². The molecule has 0 aliphatic heterocycles. The Morgan fingerprint density at radius 3 is 2.70 bits per heavy atom. The van der Waals surface area contributed by atoms with Crippen molar-refractivity contribution in [3.63, 3.8) is 0 Å². The van der Waals surface area contributed by atoms with Crippen LogP contribution in [0.15, 0.2) is 26.0 Å². The van der Waals surface area contributed by atoms with Crippen LogP contribution in [-0.2, 0) is 16.6 Å². The van der Waals surface area contributed by atoms with Crippen LogP contribution in [0.25, 0.3) is 0 Å². The highest BCUT2D eigenvalue weighted by Crippen LogP contribution is 2.26. The summed E-state index contributed by atoms with van der Waals surface area (Å²) in [6.45, 7) is 3.23. The molecule has 3 N–H and O–H groups in total. The Hall–Kier alpha value is -1.45. The molecule has 1 aromatic carbocycles. The number of sulfonamides is 1. The maximum atomic E-state index is 12.3. The van der Waals surface area contributed by atoms with Crippen molar-refractivity contribution in [3.8, 4) is 0 Å². The molecule has 7 nitrogen and oxygen atoms in total. The van der Waals surface area contributed by atoms with Crippen LogP contribution in [0.2, 0.25) is 0 Å². The third-order valence-electron chi connectivity index (χ3n) is 2.64. The van der Waals surface area contributed by atoms with Crippen LogP contribution in [0.5, 0.6) is 0 Å². The molecule has 0 bridgehead atoms. The molecule has 1 heterocycles. The van der Waals surface area contributed by atoms with E-state index < -0.39 is 10.0 Å². The molecule has 2 rings (SSSR count). The fourth-order valence-electron chi connectivity index (χ4n) is 1.60. The van der Waals surface area contributed by atoms with Gasteiger partial charge in [0.15, 0.2) is 5.82 Å². The molecular weight excluding hydrogens is 348 g/mol. The van der Waals surface area contributed by atoms with E-state index in [0.717, 1.165) is 0 Å². The van der Waals surface area contributed by atoms with Crippen LogP contribution >= 0.6 is 15.9 Å². The second-order valence-electron chi connectivity index (χ2n) is 4.18. The molecule has 0 aliphatic carbocycles. The number of nitrogens with zero attached hydrogens (tertiary/aromatic N) is 2. The van der Waals surface area contributed by atoms with Gasteiger partial charge in [-0.1, -0.05) is 21.1 Å². The Labute approximate surface area is 124 Å². The predicted octanol–water partition coefficient (Wildman–Crippen LogP) is 1.51. The number of rotatable bonds is 4. The third-order valence-corrected chi connectivity index (χ3v) is 4.62. The highest BCUT2D eigenvalue weighted by Gasteiger charge is 2.20. The van der Waals surface area contributed by atoms with Gasteiger partial charge in [0.2, 0.25) is 15.9 Å². The van der Waals surface area contributed by atoms with Crippen LogP contribution in [0.3, 0.4) is 0 Å².